The molecule has 0 aliphatic carbocycles. The van der Waals surface area contributed by atoms with Gasteiger partial charge in [-0.3, -0.25) is 14.5 Å². The van der Waals surface area contributed by atoms with E-state index in [9.17, 15) is 9.59 Å². The van der Waals surface area contributed by atoms with Gasteiger partial charge in [-0.25, -0.2) is 15.0 Å². The number of carbonyl (C=O) groups is 2. The van der Waals surface area contributed by atoms with Crippen molar-refractivity contribution in [2.24, 2.45) is 7.05 Å². The summed E-state index contributed by atoms with van der Waals surface area (Å²) in [4.78, 5) is 42.9. The third-order valence-corrected chi connectivity index (χ3v) is 8.37. The second-order valence-electron chi connectivity index (χ2n) is 11.5. The van der Waals surface area contributed by atoms with Crippen molar-refractivity contribution in [3.05, 3.63) is 83.3 Å². The first-order valence-electron chi connectivity index (χ1n) is 14.4. The van der Waals surface area contributed by atoms with Crippen molar-refractivity contribution in [2.45, 2.75) is 58.4 Å². The SMILES string of the molecule is CC(=O)N1CCC(c2cn(C)c(-c3ccc(CN4C(=O)Cc5cnc(-c6ccccc6C(C)C)nc54)cc3)n2)CC1. The Hall–Kier alpha value is -4.33. The lowest BCUT2D eigenvalue weighted by Crippen LogP contribution is -2.36. The van der Waals surface area contributed by atoms with Gasteiger partial charge >= 0.3 is 0 Å². The molecule has 2 aliphatic rings. The predicted molar refractivity (Wildman–Crippen MR) is 159 cm³/mol. The van der Waals surface area contributed by atoms with Gasteiger partial charge in [0.25, 0.3) is 0 Å². The molecule has 4 heterocycles. The molecule has 0 radical (unpaired) electrons. The van der Waals surface area contributed by atoms with Crippen LogP contribution < -0.4 is 4.90 Å². The maximum Gasteiger partial charge on any atom is 0.233 e. The minimum atomic E-state index is 0.0391. The van der Waals surface area contributed by atoms with E-state index in [2.05, 4.69) is 66.0 Å². The zero-order chi connectivity index (χ0) is 28.7. The summed E-state index contributed by atoms with van der Waals surface area (Å²) in [5.41, 5.74) is 6.22. The molecule has 41 heavy (non-hydrogen) atoms. The van der Waals surface area contributed by atoms with Crippen LogP contribution >= 0.6 is 0 Å². The lowest BCUT2D eigenvalue weighted by Gasteiger charge is -2.30. The van der Waals surface area contributed by atoms with Crippen molar-refractivity contribution in [1.82, 2.24) is 24.4 Å². The Balaban J connectivity index is 1.20. The molecule has 1 saturated heterocycles. The number of hydrogen-bond donors (Lipinski definition) is 0. The number of imidazole rings is 1. The van der Waals surface area contributed by atoms with Gasteiger partial charge in [0, 0.05) is 62.1 Å². The van der Waals surface area contributed by atoms with Gasteiger partial charge in [-0.2, -0.15) is 0 Å². The maximum absolute atomic E-state index is 13.0. The lowest BCUT2D eigenvalue weighted by molar-refractivity contribution is -0.129. The number of rotatable bonds is 6. The van der Waals surface area contributed by atoms with Crippen LogP contribution in [-0.2, 0) is 29.6 Å². The van der Waals surface area contributed by atoms with Crippen LogP contribution in [0.1, 0.15) is 67.8 Å². The number of aryl methyl sites for hydroxylation is 1. The van der Waals surface area contributed by atoms with Gasteiger partial charge in [-0.15, -0.1) is 0 Å². The predicted octanol–water partition coefficient (Wildman–Crippen LogP) is 5.48. The normalized spacial score (nSPS) is 15.6. The molecule has 8 heteroatoms. The largest absolute Gasteiger partial charge is 0.343 e. The van der Waals surface area contributed by atoms with Crippen LogP contribution in [0, 0.1) is 0 Å². The van der Waals surface area contributed by atoms with E-state index < -0.39 is 0 Å². The van der Waals surface area contributed by atoms with E-state index >= 15 is 0 Å². The van der Waals surface area contributed by atoms with Crippen molar-refractivity contribution < 1.29 is 9.59 Å². The summed E-state index contributed by atoms with van der Waals surface area (Å²) in [5.74, 6) is 3.17. The Morgan fingerprint density at radius 3 is 2.46 bits per heavy atom. The standard InChI is InChI=1S/C33H36N6O2/c1-21(2)27-7-5-6-8-28(27)31-34-18-26-17-30(41)39(33(26)36-31)19-23-9-11-25(12-10-23)32-35-29(20-37(32)4)24-13-15-38(16-14-24)22(3)40/h5-12,18,20-21,24H,13-17,19H2,1-4H3. The van der Waals surface area contributed by atoms with E-state index in [-0.39, 0.29) is 11.8 Å². The first-order valence-corrected chi connectivity index (χ1v) is 14.4. The Bertz CT molecular complexity index is 1600. The first kappa shape index (κ1) is 26.9. The average molecular weight is 549 g/mol. The topological polar surface area (TPSA) is 84.2 Å². The molecule has 2 aromatic carbocycles. The quantitative estimate of drug-likeness (QED) is 0.319. The van der Waals surface area contributed by atoms with E-state index in [1.54, 1.807) is 18.0 Å². The molecule has 1 fully saturated rings. The van der Waals surface area contributed by atoms with Gasteiger partial charge < -0.3 is 9.47 Å². The highest BCUT2D eigenvalue weighted by molar-refractivity contribution is 6.00. The average Bonchev–Trinajstić information content (AvgIpc) is 3.52. The Morgan fingerprint density at radius 1 is 1.02 bits per heavy atom. The molecule has 0 saturated carbocycles. The smallest absolute Gasteiger partial charge is 0.233 e. The second-order valence-corrected chi connectivity index (χ2v) is 11.5. The van der Waals surface area contributed by atoms with E-state index in [0.29, 0.717) is 36.4 Å². The number of anilines is 1. The van der Waals surface area contributed by atoms with Gasteiger partial charge in [0.2, 0.25) is 11.8 Å². The Labute approximate surface area is 241 Å². The molecule has 8 nitrogen and oxygen atoms in total. The molecule has 6 rings (SSSR count). The van der Waals surface area contributed by atoms with Crippen LogP contribution in [0.2, 0.25) is 0 Å². The summed E-state index contributed by atoms with van der Waals surface area (Å²) in [7, 11) is 2.03. The summed E-state index contributed by atoms with van der Waals surface area (Å²) in [6.07, 6.45) is 6.12. The Morgan fingerprint density at radius 2 is 1.76 bits per heavy atom. The number of piperidine rings is 1. The number of fused-ring (bicyclic) bond motifs is 1. The van der Waals surface area contributed by atoms with Crippen molar-refractivity contribution in [2.75, 3.05) is 18.0 Å². The van der Waals surface area contributed by atoms with Crippen LogP contribution in [-0.4, -0.2) is 49.3 Å². The van der Waals surface area contributed by atoms with Crippen LogP contribution in [0.25, 0.3) is 22.8 Å². The molecule has 0 bridgehead atoms. The number of carbonyl (C=O) groups excluding carboxylic acids is 2. The highest BCUT2D eigenvalue weighted by Crippen LogP contribution is 2.33. The molecule has 210 valence electrons. The van der Waals surface area contributed by atoms with Gasteiger partial charge in [0.15, 0.2) is 5.82 Å². The van der Waals surface area contributed by atoms with E-state index in [0.717, 1.165) is 59.7 Å². The summed E-state index contributed by atoms with van der Waals surface area (Å²) < 4.78 is 2.08. The fraction of sp³-hybridized carbons (Fsp3) is 0.364. The highest BCUT2D eigenvalue weighted by atomic mass is 16.2. The van der Waals surface area contributed by atoms with Gasteiger partial charge in [-0.05, 0) is 29.9 Å². The number of benzene rings is 2. The van der Waals surface area contributed by atoms with Crippen LogP contribution in [0.3, 0.4) is 0 Å². The molecule has 2 amide bonds. The number of likely N-dealkylation sites (tertiary alicyclic amines) is 1. The number of amides is 2. The van der Waals surface area contributed by atoms with Crippen LogP contribution in [0.4, 0.5) is 5.82 Å². The van der Waals surface area contributed by atoms with Crippen molar-refractivity contribution in [1.29, 1.82) is 0 Å². The third kappa shape index (κ3) is 5.26. The summed E-state index contributed by atoms with van der Waals surface area (Å²) >= 11 is 0. The van der Waals surface area contributed by atoms with Gasteiger partial charge in [0.05, 0.1) is 18.7 Å². The fourth-order valence-corrected chi connectivity index (χ4v) is 6.02. The highest BCUT2D eigenvalue weighted by Gasteiger charge is 2.30. The summed E-state index contributed by atoms with van der Waals surface area (Å²) in [6, 6.07) is 16.5. The monoisotopic (exact) mass is 548 g/mol. The number of nitrogens with zero attached hydrogens (tertiary/aromatic N) is 6. The first-order chi connectivity index (χ1) is 19.8. The summed E-state index contributed by atoms with van der Waals surface area (Å²) in [6.45, 7) is 7.99. The minimum Gasteiger partial charge on any atom is -0.343 e. The van der Waals surface area contributed by atoms with Crippen LogP contribution in [0.5, 0.6) is 0 Å². The zero-order valence-corrected chi connectivity index (χ0v) is 24.2. The molecule has 0 N–H and O–H groups in total. The fourth-order valence-electron chi connectivity index (χ4n) is 6.02. The second kappa shape index (κ2) is 10.9. The molecular weight excluding hydrogens is 512 g/mol. The Kier molecular flexibility index (Phi) is 7.15. The molecule has 0 unspecified atom stereocenters. The van der Waals surface area contributed by atoms with Gasteiger partial charge in [0.1, 0.15) is 11.6 Å². The van der Waals surface area contributed by atoms with Crippen molar-refractivity contribution in [3.63, 3.8) is 0 Å². The number of aromatic nitrogens is 4. The lowest BCUT2D eigenvalue weighted by atomic mass is 9.94. The molecule has 0 spiro atoms. The van der Waals surface area contributed by atoms with Gasteiger partial charge in [-0.1, -0.05) is 62.4 Å². The molecule has 2 aromatic heterocycles. The summed E-state index contributed by atoms with van der Waals surface area (Å²) in [5, 5.41) is 0. The number of hydrogen-bond acceptors (Lipinski definition) is 5. The van der Waals surface area contributed by atoms with Crippen molar-refractivity contribution in [3.8, 4) is 22.8 Å². The molecular formula is C33H36N6O2. The molecule has 0 atom stereocenters. The maximum atomic E-state index is 13.0. The third-order valence-electron chi connectivity index (χ3n) is 8.37. The van der Waals surface area contributed by atoms with Crippen molar-refractivity contribution >= 4 is 17.6 Å². The minimum absolute atomic E-state index is 0.0391. The molecule has 4 aromatic rings. The molecule has 2 aliphatic heterocycles. The van der Waals surface area contributed by atoms with E-state index in [4.69, 9.17) is 9.97 Å². The zero-order valence-electron chi connectivity index (χ0n) is 24.2. The van der Waals surface area contributed by atoms with Crippen LogP contribution in [0.15, 0.2) is 60.9 Å². The van der Waals surface area contributed by atoms with E-state index in [1.807, 2.05) is 24.1 Å². The van der Waals surface area contributed by atoms with E-state index in [1.165, 1.54) is 5.56 Å².